The molecule has 0 aliphatic rings. The highest BCUT2D eigenvalue weighted by atomic mass is 79.9. The van der Waals surface area contributed by atoms with Crippen LogP contribution in [0.15, 0.2) is 126 Å². The fraction of sp³-hybridized carbons (Fsp3) is 0.364. The van der Waals surface area contributed by atoms with Gasteiger partial charge >= 0.3 is 0 Å². The van der Waals surface area contributed by atoms with Gasteiger partial charge in [0.05, 0.1) is 0 Å². The van der Waals surface area contributed by atoms with Gasteiger partial charge in [-0.2, -0.15) is 0 Å². The Balaban J connectivity index is 1.36. The summed E-state index contributed by atoms with van der Waals surface area (Å²) < 4.78 is 0.895. The van der Waals surface area contributed by atoms with E-state index in [1.165, 1.54) is 0 Å². The molecule has 10 aromatic carbocycles. The summed E-state index contributed by atoms with van der Waals surface area (Å²) in [4.78, 5) is 0. The van der Waals surface area contributed by atoms with Crippen LogP contribution in [0.4, 0.5) is 0 Å². The Hall–Kier alpha value is -7.96. The van der Waals surface area contributed by atoms with Crippen LogP contribution in [0.2, 0.25) is 0 Å². The minimum absolute atomic E-state index is 0.0658. The number of terminal acetylenes is 1. The van der Waals surface area contributed by atoms with Crippen molar-refractivity contribution in [2.24, 2.45) is 0 Å². The number of rotatable bonds is 4. The van der Waals surface area contributed by atoms with Gasteiger partial charge in [0.15, 0.2) is 23.0 Å². The van der Waals surface area contributed by atoms with Gasteiger partial charge in [-0.05, 0) is 220 Å². The Bertz CT molecular complexity index is 4430. The first kappa shape index (κ1) is 67.9. The predicted octanol–water partition coefficient (Wildman–Crippen LogP) is 26.1. The van der Waals surface area contributed by atoms with Gasteiger partial charge in [-0.1, -0.05) is 232 Å². The van der Waals surface area contributed by atoms with Crippen LogP contribution in [-0.2, 0) is 63.7 Å². The fourth-order valence-electron chi connectivity index (χ4n) is 13.3. The van der Waals surface area contributed by atoms with Gasteiger partial charge < -0.3 is 0 Å². The molecule has 0 aliphatic carbocycles. The maximum Gasteiger partial charge on any atom is 0.186 e. The van der Waals surface area contributed by atoms with Crippen molar-refractivity contribution in [2.75, 3.05) is 0 Å². The molecule has 0 aliphatic heterocycles. The molecule has 0 saturated heterocycles. The number of fused-ring (bicyclic) bond motifs is 4. The minimum Gasteiger partial charge on any atom is -0.289 e. The van der Waals surface area contributed by atoms with E-state index in [1.54, 1.807) is 0 Å². The molecule has 476 valence electrons. The third-order valence-corrected chi connectivity index (χ3v) is 19.6. The summed E-state index contributed by atoms with van der Waals surface area (Å²) in [5.41, 5.74) is 12.7. The second-order valence-electron chi connectivity index (χ2n) is 34.5. The van der Waals surface area contributed by atoms with Gasteiger partial charge in [0.25, 0.3) is 0 Å². The van der Waals surface area contributed by atoms with Gasteiger partial charge in [0.1, 0.15) is 0 Å². The summed E-state index contributed by atoms with van der Waals surface area (Å²) >= 11 is 4.25. The van der Waals surface area contributed by atoms with Crippen LogP contribution in [0.1, 0.15) is 227 Å². The Labute approximate surface area is 564 Å². The maximum absolute atomic E-state index is 14.4. The monoisotopic (exact) mass is 1290 g/mol. The van der Waals surface area contributed by atoms with Gasteiger partial charge in [0.2, 0.25) is 0 Å². The van der Waals surface area contributed by atoms with Crippen molar-refractivity contribution in [3.63, 3.8) is 0 Å². The molecule has 0 bridgehead atoms. The summed E-state index contributed by atoms with van der Waals surface area (Å²) in [6.07, 6.45) is 6.69. The van der Waals surface area contributed by atoms with Crippen molar-refractivity contribution >= 4 is 59.0 Å². The summed E-state index contributed by atoms with van der Waals surface area (Å²) in [6.45, 7) is 50.4. The highest BCUT2D eigenvalue weighted by Crippen LogP contribution is 2.50. The van der Waals surface area contributed by atoms with Crippen LogP contribution < -0.4 is 0 Å². The van der Waals surface area contributed by atoms with E-state index in [4.69, 9.17) is 6.42 Å². The molecule has 0 amide bonds. The predicted molar refractivity (Wildman–Crippen MR) is 396 cm³/mol. The van der Waals surface area contributed by atoms with Gasteiger partial charge in [-0.3, -0.25) is 20.4 Å². The smallest absolute Gasteiger partial charge is 0.186 e. The molecule has 0 spiro atoms. The van der Waals surface area contributed by atoms with E-state index < -0.39 is 43.3 Å². The largest absolute Gasteiger partial charge is 0.289 e. The lowest BCUT2D eigenvalue weighted by molar-refractivity contribution is 0.326. The number of hydrogen-bond donors (Lipinski definition) is 0. The van der Waals surface area contributed by atoms with E-state index in [1.807, 2.05) is 0 Å². The second kappa shape index (κ2) is 22.9. The van der Waals surface area contributed by atoms with E-state index in [2.05, 4.69) is 321 Å². The molecule has 10 aromatic rings. The average molecular weight is 1290 g/mol. The summed E-state index contributed by atoms with van der Waals surface area (Å²) in [5, 5.41) is 64.8. The molecule has 0 aromatic heterocycles. The lowest BCUT2D eigenvalue weighted by Gasteiger charge is -2.27. The van der Waals surface area contributed by atoms with Crippen LogP contribution in [0.5, 0.6) is 23.0 Å². The van der Waals surface area contributed by atoms with Crippen molar-refractivity contribution in [3.8, 4) is 91.7 Å². The SMILES string of the molecule is C#Cc1c2ccc(-c3cc(C(C)(C)C)c([O])c(C(C)(C)C)c3)cc2c(C#Cc2c3ccc(-c4cc(C(C)(C)C)c([O])c(C(C)(C)C)c4)cc3c(Br)c3cc(-c4cc(C(C)(C)C)c([O])c(C(C)(C)C)c4)ccc23)c2cc(-c3cc(C(C)(C)C)c([O])c(C(C)(C)C)c3)ccc12. The van der Waals surface area contributed by atoms with E-state index >= 15 is 0 Å². The lowest BCUT2D eigenvalue weighted by Crippen LogP contribution is -2.17. The van der Waals surface area contributed by atoms with Gasteiger partial charge in [0, 0.05) is 65.7 Å². The molecule has 0 fully saturated rings. The third kappa shape index (κ3) is 12.7. The fourth-order valence-corrected chi connectivity index (χ4v) is 14.0. The van der Waals surface area contributed by atoms with Crippen LogP contribution in [0.3, 0.4) is 0 Å². The first-order chi connectivity index (χ1) is 42.7. The Morgan fingerprint density at radius 1 is 0.247 bits per heavy atom. The zero-order valence-electron chi connectivity index (χ0n) is 59.6. The van der Waals surface area contributed by atoms with Gasteiger partial charge in [-0.15, -0.1) is 6.42 Å². The molecular formula is C88H93BrO4. The summed E-state index contributed by atoms with van der Waals surface area (Å²) in [5.74, 6) is 11.3. The Kier molecular flexibility index (Phi) is 16.7. The van der Waals surface area contributed by atoms with Gasteiger partial charge in [-0.25, -0.2) is 0 Å². The standard InChI is InChI=1S/C88H93BrO4/c1-26-57-58-31-27-49(53-41-68(81(2,3)4)77(90)69(42-53)82(5,6)7)37-64(58)63(65-38-50(28-32-59(57)65)54-43-70(83(8,9)10)78(91)71(44-54)84(11,12)13)36-35-60-61-33-29-51(55-45-72(85(14,15)16)79(92)73(46-55)86(17,18)19)39-66(61)76(89)67-40-52(30-34-62(60)67)56-47-74(87(20,21)22)80(93)75(48-56)88(23,24)25/h1,27-34,37-48H,2-25H3. The molecule has 4 nitrogen and oxygen atoms in total. The molecule has 0 saturated carbocycles. The molecule has 5 heteroatoms. The maximum atomic E-state index is 14.4. The van der Waals surface area contributed by atoms with Crippen LogP contribution in [-0.4, -0.2) is 0 Å². The molecular weight excluding hydrogens is 1200 g/mol. The molecule has 0 atom stereocenters. The zero-order chi connectivity index (χ0) is 68.7. The average Bonchev–Trinajstić information content (AvgIpc) is 0.741. The van der Waals surface area contributed by atoms with Crippen LogP contribution in [0, 0.1) is 24.2 Å². The highest BCUT2D eigenvalue weighted by Gasteiger charge is 2.34. The molecule has 0 N–H and O–H groups in total. The normalized spacial score (nSPS) is 13.1. The quantitative estimate of drug-likeness (QED) is 0.124. The summed E-state index contributed by atoms with van der Waals surface area (Å²) in [6, 6.07) is 42.6. The molecule has 93 heavy (non-hydrogen) atoms. The van der Waals surface area contributed by atoms with E-state index in [0.717, 1.165) is 153 Å². The second-order valence-corrected chi connectivity index (χ2v) is 35.3. The zero-order valence-corrected chi connectivity index (χ0v) is 61.2. The number of benzene rings is 10. The van der Waals surface area contributed by atoms with Crippen molar-refractivity contribution in [1.29, 1.82) is 0 Å². The van der Waals surface area contributed by atoms with Crippen molar-refractivity contribution in [1.82, 2.24) is 0 Å². The molecule has 10 rings (SSSR count). The lowest BCUT2D eigenvalue weighted by atomic mass is 9.77. The Morgan fingerprint density at radius 3 is 0.624 bits per heavy atom. The highest BCUT2D eigenvalue weighted by molar-refractivity contribution is 9.10. The Morgan fingerprint density at radius 2 is 0.430 bits per heavy atom. The van der Waals surface area contributed by atoms with E-state index in [0.29, 0.717) is 0 Å². The van der Waals surface area contributed by atoms with Crippen molar-refractivity contribution in [2.45, 2.75) is 209 Å². The van der Waals surface area contributed by atoms with Crippen molar-refractivity contribution in [3.05, 3.63) is 187 Å². The van der Waals surface area contributed by atoms with Crippen LogP contribution >= 0.6 is 15.9 Å². The summed E-state index contributed by atoms with van der Waals surface area (Å²) in [7, 11) is 0. The molecule has 4 radical (unpaired) electrons. The first-order valence-corrected chi connectivity index (χ1v) is 33.7. The van der Waals surface area contributed by atoms with E-state index in [-0.39, 0.29) is 23.0 Å². The van der Waals surface area contributed by atoms with E-state index in [9.17, 15) is 20.4 Å². The number of hydrogen-bond acceptors (Lipinski definition) is 0. The molecule has 0 unspecified atom stereocenters. The third-order valence-electron chi connectivity index (χ3n) is 18.8. The number of halogens is 1. The molecule has 0 heterocycles. The van der Waals surface area contributed by atoms with Crippen molar-refractivity contribution < 1.29 is 20.4 Å². The minimum atomic E-state index is -0.426. The first-order valence-electron chi connectivity index (χ1n) is 32.9. The van der Waals surface area contributed by atoms with Crippen LogP contribution in [0.25, 0.3) is 87.6 Å². The topological polar surface area (TPSA) is 79.6 Å².